The van der Waals surface area contributed by atoms with E-state index in [9.17, 15) is 13.6 Å². The Labute approximate surface area is 128 Å². The molecule has 4 nitrogen and oxygen atoms in total. The fourth-order valence-corrected chi connectivity index (χ4v) is 2.30. The number of ether oxygens (including phenoxy) is 2. The Morgan fingerprint density at radius 3 is 2.82 bits per heavy atom. The van der Waals surface area contributed by atoms with Gasteiger partial charge in [-0.3, -0.25) is 4.79 Å². The first-order valence-electron chi connectivity index (χ1n) is 7.46. The predicted octanol–water partition coefficient (Wildman–Crippen LogP) is 2.73. The molecule has 22 heavy (non-hydrogen) atoms. The highest BCUT2D eigenvalue weighted by Crippen LogP contribution is 2.17. The summed E-state index contributed by atoms with van der Waals surface area (Å²) in [5.41, 5.74) is 0.499. The maximum atomic E-state index is 13.2. The number of halogens is 2. The van der Waals surface area contributed by atoms with E-state index in [0.29, 0.717) is 12.2 Å². The summed E-state index contributed by atoms with van der Waals surface area (Å²) in [6.07, 6.45) is 1.39. The van der Waals surface area contributed by atoms with Crippen LogP contribution in [0, 0.1) is 11.6 Å². The summed E-state index contributed by atoms with van der Waals surface area (Å²) < 4.78 is 37.0. The van der Waals surface area contributed by atoms with Crippen LogP contribution in [-0.2, 0) is 14.3 Å². The SMILES string of the molecule is C[C@H](OC[C@H]1CCCO1)C(=O)N[C@H](C)c1ccc(F)c(F)c1. The fourth-order valence-electron chi connectivity index (χ4n) is 2.30. The molecule has 1 heterocycles. The zero-order chi connectivity index (χ0) is 16.1. The van der Waals surface area contributed by atoms with Crippen molar-refractivity contribution in [2.24, 2.45) is 0 Å². The van der Waals surface area contributed by atoms with E-state index in [2.05, 4.69) is 5.32 Å². The zero-order valence-electron chi connectivity index (χ0n) is 12.8. The third-order valence-electron chi connectivity index (χ3n) is 3.73. The first-order chi connectivity index (χ1) is 10.5. The molecule has 2 rings (SSSR count). The van der Waals surface area contributed by atoms with Crippen molar-refractivity contribution in [3.8, 4) is 0 Å². The summed E-state index contributed by atoms with van der Waals surface area (Å²) in [6, 6.07) is 3.14. The second-order valence-corrected chi connectivity index (χ2v) is 5.51. The third-order valence-corrected chi connectivity index (χ3v) is 3.73. The number of hydrogen-bond acceptors (Lipinski definition) is 3. The van der Waals surface area contributed by atoms with Gasteiger partial charge in [-0.1, -0.05) is 6.07 Å². The lowest BCUT2D eigenvalue weighted by molar-refractivity contribution is -0.134. The molecule has 122 valence electrons. The number of rotatable bonds is 6. The molecule has 1 aliphatic heterocycles. The minimum Gasteiger partial charge on any atom is -0.376 e. The lowest BCUT2D eigenvalue weighted by Crippen LogP contribution is -2.37. The van der Waals surface area contributed by atoms with E-state index in [0.717, 1.165) is 31.6 Å². The maximum Gasteiger partial charge on any atom is 0.249 e. The average molecular weight is 313 g/mol. The molecule has 0 saturated carbocycles. The van der Waals surface area contributed by atoms with Crippen LogP contribution in [-0.4, -0.2) is 31.3 Å². The quantitative estimate of drug-likeness (QED) is 0.878. The molecule has 1 amide bonds. The molecule has 0 spiro atoms. The van der Waals surface area contributed by atoms with Crippen LogP contribution in [0.15, 0.2) is 18.2 Å². The van der Waals surface area contributed by atoms with Gasteiger partial charge in [0.05, 0.1) is 18.8 Å². The largest absolute Gasteiger partial charge is 0.376 e. The summed E-state index contributed by atoms with van der Waals surface area (Å²) >= 11 is 0. The molecular weight excluding hydrogens is 292 g/mol. The Hall–Kier alpha value is -1.53. The van der Waals surface area contributed by atoms with Crippen molar-refractivity contribution < 1.29 is 23.0 Å². The fraction of sp³-hybridized carbons (Fsp3) is 0.562. The van der Waals surface area contributed by atoms with Gasteiger partial charge in [-0.05, 0) is 44.4 Å². The molecule has 0 aliphatic carbocycles. The van der Waals surface area contributed by atoms with E-state index >= 15 is 0 Å². The Kier molecular flexibility index (Phi) is 5.85. The number of nitrogens with one attached hydrogen (secondary N) is 1. The number of carbonyl (C=O) groups is 1. The standard InChI is InChI=1S/C16H21F2NO3/c1-10(12-5-6-14(17)15(18)8-12)19-16(20)11(2)22-9-13-4-3-7-21-13/h5-6,8,10-11,13H,3-4,7,9H2,1-2H3,(H,19,20)/t10-,11+,13-/m1/s1. The molecular formula is C16H21F2NO3. The van der Waals surface area contributed by atoms with Crippen LogP contribution in [0.5, 0.6) is 0 Å². The van der Waals surface area contributed by atoms with Crippen LogP contribution in [0.3, 0.4) is 0 Å². The van der Waals surface area contributed by atoms with Crippen molar-refractivity contribution in [3.05, 3.63) is 35.4 Å². The van der Waals surface area contributed by atoms with Crippen LogP contribution in [0.1, 0.15) is 38.3 Å². The van der Waals surface area contributed by atoms with Crippen LogP contribution in [0.25, 0.3) is 0 Å². The molecule has 0 unspecified atom stereocenters. The molecule has 1 aromatic carbocycles. The van der Waals surface area contributed by atoms with Crippen molar-refractivity contribution in [3.63, 3.8) is 0 Å². The molecule has 0 aromatic heterocycles. The minimum absolute atomic E-state index is 0.0545. The second kappa shape index (κ2) is 7.65. The van der Waals surface area contributed by atoms with Gasteiger partial charge >= 0.3 is 0 Å². The van der Waals surface area contributed by atoms with Gasteiger partial charge in [0.15, 0.2) is 11.6 Å². The topological polar surface area (TPSA) is 47.6 Å². The van der Waals surface area contributed by atoms with Crippen molar-refractivity contribution in [2.75, 3.05) is 13.2 Å². The van der Waals surface area contributed by atoms with Gasteiger partial charge in [0.25, 0.3) is 0 Å². The minimum atomic E-state index is -0.929. The number of hydrogen-bond donors (Lipinski definition) is 1. The van der Waals surface area contributed by atoms with Gasteiger partial charge in [-0.15, -0.1) is 0 Å². The monoisotopic (exact) mass is 313 g/mol. The normalized spacial score (nSPS) is 20.6. The summed E-state index contributed by atoms with van der Waals surface area (Å²) in [4.78, 5) is 12.0. The van der Waals surface area contributed by atoms with Crippen molar-refractivity contribution in [1.29, 1.82) is 0 Å². The van der Waals surface area contributed by atoms with E-state index < -0.39 is 23.8 Å². The van der Waals surface area contributed by atoms with Crippen LogP contribution < -0.4 is 5.32 Å². The molecule has 3 atom stereocenters. The highest BCUT2D eigenvalue weighted by molar-refractivity contribution is 5.80. The molecule has 1 saturated heterocycles. The van der Waals surface area contributed by atoms with Gasteiger partial charge in [-0.25, -0.2) is 8.78 Å². The van der Waals surface area contributed by atoms with Crippen molar-refractivity contribution >= 4 is 5.91 Å². The lowest BCUT2D eigenvalue weighted by atomic mass is 10.1. The highest BCUT2D eigenvalue weighted by Gasteiger charge is 2.21. The van der Waals surface area contributed by atoms with Gasteiger partial charge in [0.2, 0.25) is 5.91 Å². The Morgan fingerprint density at radius 1 is 1.41 bits per heavy atom. The Bertz CT molecular complexity index is 518. The number of benzene rings is 1. The zero-order valence-corrected chi connectivity index (χ0v) is 12.8. The van der Waals surface area contributed by atoms with E-state index in [1.54, 1.807) is 13.8 Å². The third kappa shape index (κ3) is 4.48. The van der Waals surface area contributed by atoms with E-state index in [1.165, 1.54) is 6.07 Å². The average Bonchev–Trinajstić information content (AvgIpc) is 3.00. The number of carbonyl (C=O) groups excluding carboxylic acids is 1. The Morgan fingerprint density at radius 2 is 2.18 bits per heavy atom. The van der Waals surface area contributed by atoms with Gasteiger partial charge in [-0.2, -0.15) is 0 Å². The summed E-state index contributed by atoms with van der Waals surface area (Å²) in [5.74, 6) is -2.13. The first-order valence-corrected chi connectivity index (χ1v) is 7.46. The maximum absolute atomic E-state index is 13.2. The molecule has 1 fully saturated rings. The van der Waals surface area contributed by atoms with Crippen LogP contribution in [0.2, 0.25) is 0 Å². The van der Waals surface area contributed by atoms with E-state index in [-0.39, 0.29) is 12.0 Å². The predicted molar refractivity (Wildman–Crippen MR) is 77.3 cm³/mol. The second-order valence-electron chi connectivity index (χ2n) is 5.51. The van der Waals surface area contributed by atoms with E-state index in [4.69, 9.17) is 9.47 Å². The summed E-state index contributed by atoms with van der Waals surface area (Å²) in [5, 5.41) is 2.72. The van der Waals surface area contributed by atoms with Crippen LogP contribution >= 0.6 is 0 Å². The molecule has 1 N–H and O–H groups in total. The van der Waals surface area contributed by atoms with Crippen molar-refractivity contribution in [1.82, 2.24) is 5.32 Å². The lowest BCUT2D eigenvalue weighted by Gasteiger charge is -2.19. The molecule has 1 aliphatic rings. The van der Waals surface area contributed by atoms with Crippen LogP contribution in [0.4, 0.5) is 8.78 Å². The summed E-state index contributed by atoms with van der Waals surface area (Å²) in [6.45, 7) is 4.48. The van der Waals surface area contributed by atoms with Gasteiger partial charge in [0.1, 0.15) is 6.10 Å². The smallest absolute Gasteiger partial charge is 0.249 e. The Balaban J connectivity index is 1.82. The van der Waals surface area contributed by atoms with E-state index in [1.807, 2.05) is 0 Å². The molecule has 0 bridgehead atoms. The van der Waals surface area contributed by atoms with Gasteiger partial charge in [0, 0.05) is 6.61 Å². The van der Waals surface area contributed by atoms with Gasteiger partial charge < -0.3 is 14.8 Å². The molecule has 6 heteroatoms. The number of amides is 1. The van der Waals surface area contributed by atoms with Crippen molar-refractivity contribution in [2.45, 2.75) is 44.9 Å². The molecule has 0 radical (unpaired) electrons. The summed E-state index contributed by atoms with van der Waals surface area (Å²) in [7, 11) is 0. The molecule has 1 aromatic rings. The highest BCUT2D eigenvalue weighted by atomic mass is 19.2. The first kappa shape index (κ1) is 16.8.